The van der Waals surface area contributed by atoms with Gasteiger partial charge in [-0.1, -0.05) is 33.1 Å². The summed E-state index contributed by atoms with van der Waals surface area (Å²) in [6.45, 7) is 9.83. The molecular formula is C15H29N3. The van der Waals surface area contributed by atoms with Crippen LogP contribution >= 0.6 is 0 Å². The minimum Gasteiger partial charge on any atom is -0.307 e. The highest BCUT2D eigenvalue weighted by atomic mass is 15.3. The van der Waals surface area contributed by atoms with Gasteiger partial charge < -0.3 is 5.32 Å². The van der Waals surface area contributed by atoms with Gasteiger partial charge in [-0.3, -0.25) is 4.68 Å². The smallest absolute Gasteiger partial charge is 0.0537 e. The molecular weight excluding hydrogens is 222 g/mol. The normalized spacial score (nSPS) is 14.7. The molecule has 18 heavy (non-hydrogen) atoms. The molecule has 0 fully saturated rings. The maximum absolute atomic E-state index is 4.35. The highest BCUT2D eigenvalue weighted by Crippen LogP contribution is 2.16. The predicted octanol–water partition coefficient (Wildman–Crippen LogP) is 3.91. The van der Waals surface area contributed by atoms with E-state index >= 15 is 0 Å². The van der Waals surface area contributed by atoms with E-state index in [1.54, 1.807) is 0 Å². The van der Waals surface area contributed by atoms with Crippen molar-refractivity contribution in [1.29, 1.82) is 0 Å². The Balaban J connectivity index is 2.50. The Morgan fingerprint density at radius 2 is 2.00 bits per heavy atom. The lowest BCUT2D eigenvalue weighted by Crippen LogP contribution is -2.31. The van der Waals surface area contributed by atoms with Gasteiger partial charge in [0.05, 0.1) is 6.20 Å². The van der Waals surface area contributed by atoms with Gasteiger partial charge in [-0.25, -0.2) is 0 Å². The van der Waals surface area contributed by atoms with Crippen molar-refractivity contribution in [2.75, 3.05) is 0 Å². The zero-order valence-electron chi connectivity index (χ0n) is 12.4. The van der Waals surface area contributed by atoms with E-state index in [9.17, 15) is 0 Å². The zero-order chi connectivity index (χ0) is 13.4. The molecule has 1 aromatic heterocycles. The van der Waals surface area contributed by atoms with E-state index in [1.807, 2.05) is 10.9 Å². The minimum absolute atomic E-state index is 0.402. The van der Waals surface area contributed by atoms with E-state index in [-0.39, 0.29) is 0 Å². The zero-order valence-corrected chi connectivity index (χ0v) is 12.4. The maximum Gasteiger partial charge on any atom is 0.0537 e. The molecule has 1 heterocycles. The Bertz CT molecular complexity index is 319. The summed E-state index contributed by atoms with van der Waals surface area (Å²) < 4.78 is 1.99. The number of unbranched alkanes of at least 4 members (excludes halogenated alkanes) is 1. The van der Waals surface area contributed by atoms with Gasteiger partial charge in [0.2, 0.25) is 0 Å². The average Bonchev–Trinajstić information content (AvgIpc) is 2.85. The molecule has 3 heteroatoms. The molecule has 104 valence electrons. The molecule has 0 bridgehead atoms. The standard InChI is InChI=1S/C15H29N3/c1-5-8-10-15(9-6-2)17-13(4)14-11-16-18(7-3)12-14/h11-13,15,17H,5-10H2,1-4H3. The lowest BCUT2D eigenvalue weighted by molar-refractivity contribution is 0.396. The third-order valence-corrected chi connectivity index (χ3v) is 3.51. The largest absolute Gasteiger partial charge is 0.307 e. The third kappa shape index (κ3) is 4.81. The molecule has 1 aromatic rings. The fourth-order valence-corrected chi connectivity index (χ4v) is 2.34. The lowest BCUT2D eigenvalue weighted by Gasteiger charge is -2.22. The molecule has 0 aromatic carbocycles. The van der Waals surface area contributed by atoms with Crippen LogP contribution in [0.25, 0.3) is 0 Å². The molecule has 1 rings (SSSR count). The number of nitrogens with one attached hydrogen (secondary N) is 1. The molecule has 2 unspecified atom stereocenters. The van der Waals surface area contributed by atoms with Crippen LogP contribution in [0.2, 0.25) is 0 Å². The van der Waals surface area contributed by atoms with Gasteiger partial charge in [0.15, 0.2) is 0 Å². The molecule has 0 saturated carbocycles. The fraction of sp³-hybridized carbons (Fsp3) is 0.800. The molecule has 0 aliphatic heterocycles. The van der Waals surface area contributed by atoms with Crippen LogP contribution in [0.1, 0.15) is 71.4 Å². The molecule has 0 amide bonds. The van der Waals surface area contributed by atoms with Gasteiger partial charge in [0.1, 0.15) is 0 Å². The van der Waals surface area contributed by atoms with Crippen LogP contribution in [0, 0.1) is 0 Å². The first-order chi connectivity index (χ1) is 8.71. The van der Waals surface area contributed by atoms with Crippen molar-refractivity contribution in [3.8, 4) is 0 Å². The van der Waals surface area contributed by atoms with Gasteiger partial charge in [-0.15, -0.1) is 0 Å². The second kappa shape index (κ2) is 8.30. The summed E-state index contributed by atoms with van der Waals surface area (Å²) >= 11 is 0. The molecule has 3 nitrogen and oxygen atoms in total. The summed E-state index contributed by atoms with van der Waals surface area (Å²) in [7, 11) is 0. The van der Waals surface area contributed by atoms with Gasteiger partial charge in [0.25, 0.3) is 0 Å². The minimum atomic E-state index is 0.402. The number of aryl methyl sites for hydroxylation is 1. The molecule has 2 atom stereocenters. The van der Waals surface area contributed by atoms with E-state index in [2.05, 4.69) is 44.3 Å². The number of aromatic nitrogens is 2. The van der Waals surface area contributed by atoms with Crippen molar-refractivity contribution in [2.45, 2.75) is 78.4 Å². The molecule has 0 spiro atoms. The topological polar surface area (TPSA) is 29.9 Å². The van der Waals surface area contributed by atoms with E-state index in [4.69, 9.17) is 0 Å². The van der Waals surface area contributed by atoms with Gasteiger partial charge in [-0.05, 0) is 26.7 Å². The summed E-state index contributed by atoms with van der Waals surface area (Å²) in [6, 6.07) is 1.05. The fourth-order valence-electron chi connectivity index (χ4n) is 2.34. The molecule has 1 N–H and O–H groups in total. The molecule has 0 saturated heterocycles. The van der Waals surface area contributed by atoms with Crippen LogP contribution in [0.15, 0.2) is 12.4 Å². The van der Waals surface area contributed by atoms with E-state index in [0.717, 1.165) is 6.54 Å². The van der Waals surface area contributed by atoms with Gasteiger partial charge in [-0.2, -0.15) is 5.10 Å². The van der Waals surface area contributed by atoms with E-state index in [0.29, 0.717) is 12.1 Å². The Kier molecular flexibility index (Phi) is 7.02. The van der Waals surface area contributed by atoms with Crippen molar-refractivity contribution in [1.82, 2.24) is 15.1 Å². The van der Waals surface area contributed by atoms with Crippen LogP contribution in [-0.4, -0.2) is 15.8 Å². The highest BCUT2D eigenvalue weighted by molar-refractivity contribution is 5.09. The average molecular weight is 251 g/mol. The summed E-state index contributed by atoms with van der Waals surface area (Å²) in [5.74, 6) is 0. The van der Waals surface area contributed by atoms with Crippen LogP contribution < -0.4 is 5.32 Å². The summed E-state index contributed by atoms with van der Waals surface area (Å²) in [5.41, 5.74) is 1.30. The SMILES string of the molecule is CCCCC(CCC)NC(C)c1cnn(CC)c1. The van der Waals surface area contributed by atoms with Gasteiger partial charge in [0, 0.05) is 30.4 Å². The Hall–Kier alpha value is -0.830. The van der Waals surface area contributed by atoms with Crippen molar-refractivity contribution in [3.63, 3.8) is 0 Å². The predicted molar refractivity (Wildman–Crippen MR) is 77.7 cm³/mol. The summed E-state index contributed by atoms with van der Waals surface area (Å²) in [4.78, 5) is 0. The Morgan fingerprint density at radius 3 is 2.56 bits per heavy atom. The Labute approximate surface area is 112 Å². The summed E-state index contributed by atoms with van der Waals surface area (Å²) in [6.07, 6.45) is 10.6. The molecule has 0 aliphatic carbocycles. The van der Waals surface area contributed by atoms with Crippen LogP contribution in [-0.2, 0) is 6.54 Å². The molecule has 0 radical (unpaired) electrons. The number of rotatable bonds is 9. The first kappa shape index (κ1) is 15.2. The van der Waals surface area contributed by atoms with Crippen LogP contribution in [0.4, 0.5) is 0 Å². The van der Waals surface area contributed by atoms with E-state index in [1.165, 1.54) is 37.7 Å². The Morgan fingerprint density at radius 1 is 1.22 bits per heavy atom. The molecule has 0 aliphatic rings. The van der Waals surface area contributed by atoms with Crippen LogP contribution in [0.3, 0.4) is 0 Å². The second-order valence-electron chi connectivity index (χ2n) is 5.15. The first-order valence-electron chi connectivity index (χ1n) is 7.49. The number of hydrogen-bond acceptors (Lipinski definition) is 2. The lowest BCUT2D eigenvalue weighted by atomic mass is 10.0. The second-order valence-corrected chi connectivity index (χ2v) is 5.15. The third-order valence-electron chi connectivity index (χ3n) is 3.51. The summed E-state index contributed by atoms with van der Waals surface area (Å²) in [5, 5.41) is 8.10. The van der Waals surface area contributed by atoms with Crippen molar-refractivity contribution in [3.05, 3.63) is 18.0 Å². The number of hydrogen-bond donors (Lipinski definition) is 1. The van der Waals surface area contributed by atoms with Crippen molar-refractivity contribution < 1.29 is 0 Å². The van der Waals surface area contributed by atoms with Crippen molar-refractivity contribution >= 4 is 0 Å². The van der Waals surface area contributed by atoms with E-state index < -0.39 is 0 Å². The van der Waals surface area contributed by atoms with Gasteiger partial charge >= 0.3 is 0 Å². The number of nitrogens with zero attached hydrogens (tertiary/aromatic N) is 2. The monoisotopic (exact) mass is 251 g/mol. The maximum atomic E-state index is 4.35. The van der Waals surface area contributed by atoms with Crippen LogP contribution in [0.5, 0.6) is 0 Å². The first-order valence-corrected chi connectivity index (χ1v) is 7.49. The van der Waals surface area contributed by atoms with Crippen molar-refractivity contribution in [2.24, 2.45) is 0 Å². The quantitative estimate of drug-likeness (QED) is 0.721. The highest BCUT2D eigenvalue weighted by Gasteiger charge is 2.13.